The van der Waals surface area contributed by atoms with Gasteiger partial charge in [-0.3, -0.25) is 0 Å². The Morgan fingerprint density at radius 1 is 1.18 bits per heavy atom. The van der Waals surface area contributed by atoms with E-state index in [1.54, 1.807) is 0 Å². The lowest BCUT2D eigenvalue weighted by molar-refractivity contribution is 0.340. The summed E-state index contributed by atoms with van der Waals surface area (Å²) in [7, 11) is 0. The Balaban J connectivity index is 4.00. The average molecular weight is 208 g/mol. The molecule has 0 rings (SSSR count). The Bertz CT molecular complexity index is 136. The van der Waals surface area contributed by atoms with Crippen LogP contribution in [-0.2, 0) is 11.8 Å². The van der Waals surface area contributed by atoms with E-state index in [9.17, 15) is 0 Å². The molecule has 0 saturated carbocycles. The Morgan fingerprint density at radius 3 is 1.91 bits per heavy atom. The zero-order valence-corrected chi connectivity index (χ0v) is 10.5. The van der Waals surface area contributed by atoms with Gasteiger partial charge in [0.2, 0.25) is 0 Å². The minimum atomic E-state index is 0.335. The van der Waals surface area contributed by atoms with E-state index in [1.165, 1.54) is 6.42 Å². The Kier molecular flexibility index (Phi) is 4.54. The van der Waals surface area contributed by atoms with Gasteiger partial charge in [0, 0.05) is 11.3 Å². The van der Waals surface area contributed by atoms with Gasteiger partial charge in [-0.05, 0) is 37.5 Å². The molecular formula is C8H17PS2. The molecule has 0 aliphatic carbocycles. The Hall–Kier alpha value is 0.870. The fourth-order valence-electron chi connectivity index (χ4n) is 1.41. The molecule has 0 aromatic rings. The van der Waals surface area contributed by atoms with E-state index in [0.717, 1.165) is 6.56 Å². The molecule has 3 heteroatoms. The van der Waals surface area contributed by atoms with Crippen molar-refractivity contribution in [2.45, 2.75) is 45.8 Å². The first-order chi connectivity index (χ1) is 4.77. The number of hydrogen-bond acceptors (Lipinski definition) is 2. The minimum Gasteiger partial charge on any atom is -0.0844 e. The number of hydrogen-bond donors (Lipinski definition) is 0. The molecule has 11 heavy (non-hydrogen) atoms. The molecule has 0 N–H and O–H groups in total. The van der Waals surface area contributed by atoms with Crippen molar-refractivity contribution >= 4 is 29.7 Å². The van der Waals surface area contributed by atoms with Crippen LogP contribution in [0.5, 0.6) is 0 Å². The van der Waals surface area contributed by atoms with E-state index in [-0.39, 0.29) is 0 Å². The summed E-state index contributed by atoms with van der Waals surface area (Å²) in [6, 6.07) is 0. The van der Waals surface area contributed by atoms with Crippen molar-refractivity contribution in [2.24, 2.45) is 5.41 Å². The highest BCUT2D eigenvalue weighted by atomic mass is 32.9. The summed E-state index contributed by atoms with van der Waals surface area (Å²) in [4.78, 5) is 0. The van der Waals surface area contributed by atoms with Gasteiger partial charge in [0.1, 0.15) is 0 Å². The predicted molar refractivity (Wildman–Crippen MR) is 60.0 cm³/mol. The summed E-state index contributed by atoms with van der Waals surface area (Å²) in [6.07, 6.45) is 1.22. The molecule has 0 amide bonds. The van der Waals surface area contributed by atoms with Crippen LogP contribution in [0, 0.1) is 5.41 Å². The summed E-state index contributed by atoms with van der Waals surface area (Å²) in [6.45, 7) is 12.4. The molecule has 0 radical (unpaired) electrons. The Labute approximate surface area is 81.1 Å². The fraction of sp³-hybridized carbons (Fsp3) is 1.00. The van der Waals surface area contributed by atoms with Gasteiger partial charge in [-0.15, -0.1) is 0 Å². The van der Waals surface area contributed by atoms with Gasteiger partial charge in [-0.2, -0.15) is 0 Å². The van der Waals surface area contributed by atoms with Gasteiger partial charge in [-0.25, -0.2) is 0 Å². The maximum absolute atomic E-state index is 4.92. The smallest absolute Gasteiger partial charge is 0.0436 e. The van der Waals surface area contributed by atoms with Gasteiger partial charge >= 0.3 is 0 Å². The highest BCUT2D eigenvalue weighted by Crippen LogP contribution is 2.41. The molecule has 0 heterocycles. The Morgan fingerprint density at radius 2 is 1.64 bits per heavy atom. The van der Waals surface area contributed by atoms with Crippen molar-refractivity contribution in [2.75, 3.05) is 0 Å². The standard InChI is InChI=1S/C8H17PS2/c1-7(2,3)6-8(4,5)11-9-10/h6H2,1-5H3. The van der Waals surface area contributed by atoms with Crippen LogP contribution in [0.15, 0.2) is 0 Å². The van der Waals surface area contributed by atoms with Gasteiger partial charge < -0.3 is 0 Å². The first kappa shape index (κ1) is 11.9. The van der Waals surface area contributed by atoms with E-state index in [1.807, 2.05) is 11.4 Å². The monoisotopic (exact) mass is 208 g/mol. The molecule has 0 aromatic carbocycles. The van der Waals surface area contributed by atoms with Crippen LogP contribution in [0.2, 0.25) is 0 Å². The summed E-state index contributed by atoms with van der Waals surface area (Å²) >= 11 is 6.77. The van der Waals surface area contributed by atoms with E-state index < -0.39 is 0 Å². The van der Waals surface area contributed by atoms with Gasteiger partial charge in [0.15, 0.2) is 0 Å². The highest BCUT2D eigenvalue weighted by molar-refractivity contribution is 8.58. The van der Waals surface area contributed by atoms with Crippen LogP contribution in [0.1, 0.15) is 41.0 Å². The molecule has 0 nitrogen and oxygen atoms in total. The zero-order valence-electron chi connectivity index (χ0n) is 7.97. The van der Waals surface area contributed by atoms with Crippen LogP contribution in [0.4, 0.5) is 0 Å². The van der Waals surface area contributed by atoms with E-state index in [0.29, 0.717) is 10.2 Å². The van der Waals surface area contributed by atoms with E-state index in [2.05, 4.69) is 34.6 Å². The van der Waals surface area contributed by atoms with Crippen molar-refractivity contribution in [3.05, 3.63) is 0 Å². The highest BCUT2D eigenvalue weighted by Gasteiger charge is 2.25. The van der Waals surface area contributed by atoms with Crippen molar-refractivity contribution in [1.82, 2.24) is 0 Å². The maximum atomic E-state index is 4.92. The molecule has 0 spiro atoms. The molecule has 0 atom stereocenters. The predicted octanol–water partition coefficient (Wildman–Crippen LogP) is 4.26. The third-order valence-electron chi connectivity index (χ3n) is 1.24. The lowest BCUT2D eigenvalue weighted by atomic mass is 9.86. The molecule has 0 saturated heterocycles. The quantitative estimate of drug-likeness (QED) is 0.636. The van der Waals surface area contributed by atoms with Crippen LogP contribution >= 0.6 is 17.9 Å². The summed E-state index contributed by atoms with van der Waals surface area (Å²) in [5.74, 6) is 0. The zero-order chi connectivity index (χ0) is 9.12. The fourth-order valence-corrected chi connectivity index (χ4v) is 4.72. The third kappa shape index (κ3) is 7.24. The molecule has 66 valence electrons. The molecule has 0 unspecified atom stereocenters. The minimum absolute atomic E-state index is 0.335. The normalized spacial score (nSPS) is 13.9. The van der Waals surface area contributed by atoms with Crippen molar-refractivity contribution in [1.29, 1.82) is 0 Å². The molecule has 0 aliphatic heterocycles. The molecule has 0 bridgehead atoms. The molecule has 0 aliphatic rings. The van der Waals surface area contributed by atoms with Crippen LogP contribution in [-0.4, -0.2) is 4.75 Å². The topological polar surface area (TPSA) is 0 Å². The van der Waals surface area contributed by atoms with Crippen LogP contribution < -0.4 is 0 Å². The van der Waals surface area contributed by atoms with Gasteiger partial charge in [0.25, 0.3) is 0 Å². The van der Waals surface area contributed by atoms with Crippen molar-refractivity contribution in [3.63, 3.8) is 0 Å². The second-order valence-electron chi connectivity index (χ2n) is 4.66. The lowest BCUT2D eigenvalue weighted by Crippen LogP contribution is -2.22. The summed E-state index contributed by atoms with van der Waals surface area (Å²) in [5.41, 5.74) is 0.413. The van der Waals surface area contributed by atoms with Gasteiger partial charge in [-0.1, -0.05) is 32.2 Å². The molecule has 0 fully saturated rings. The van der Waals surface area contributed by atoms with Gasteiger partial charge in [0.05, 0.1) is 0 Å². The maximum Gasteiger partial charge on any atom is 0.0436 e. The first-order valence-electron chi connectivity index (χ1n) is 3.78. The summed E-state index contributed by atoms with van der Waals surface area (Å²) < 4.78 is 0.335. The lowest BCUT2D eigenvalue weighted by Gasteiger charge is -2.29. The second-order valence-corrected chi connectivity index (χ2v) is 8.44. The SMILES string of the molecule is CC(C)(C)CC(C)(C)SP=S. The molecule has 0 aromatic heterocycles. The largest absolute Gasteiger partial charge is 0.0844 e. The molecular weight excluding hydrogens is 191 g/mol. The second kappa shape index (κ2) is 4.20. The van der Waals surface area contributed by atoms with E-state index >= 15 is 0 Å². The van der Waals surface area contributed by atoms with E-state index in [4.69, 9.17) is 11.8 Å². The van der Waals surface area contributed by atoms with Crippen molar-refractivity contribution in [3.8, 4) is 0 Å². The number of rotatable bonds is 3. The third-order valence-corrected chi connectivity index (χ3v) is 4.33. The average Bonchev–Trinajstić information content (AvgIpc) is 1.55. The summed E-state index contributed by atoms with van der Waals surface area (Å²) in [5, 5.41) is 0. The first-order valence-corrected chi connectivity index (χ1v) is 7.11. The van der Waals surface area contributed by atoms with Crippen molar-refractivity contribution < 1.29 is 0 Å². The van der Waals surface area contributed by atoms with Crippen LogP contribution in [0.3, 0.4) is 0 Å². The van der Waals surface area contributed by atoms with Crippen LogP contribution in [0.25, 0.3) is 0 Å².